The first-order valence-corrected chi connectivity index (χ1v) is 8.71. The van der Waals surface area contributed by atoms with E-state index in [0.717, 1.165) is 12.0 Å². The van der Waals surface area contributed by atoms with E-state index in [-0.39, 0.29) is 11.7 Å². The minimum atomic E-state index is -0.615. The van der Waals surface area contributed by atoms with E-state index >= 15 is 0 Å². The Morgan fingerprint density at radius 2 is 1.89 bits per heavy atom. The van der Waals surface area contributed by atoms with Crippen molar-refractivity contribution in [1.29, 1.82) is 0 Å². The van der Waals surface area contributed by atoms with Crippen LogP contribution in [0, 0.1) is 10.1 Å². The smallest absolute Gasteiger partial charge is 0.373 e. The molecule has 0 radical (unpaired) electrons. The molecule has 3 aromatic rings. The van der Waals surface area contributed by atoms with Crippen molar-refractivity contribution >= 4 is 40.4 Å². The summed E-state index contributed by atoms with van der Waals surface area (Å²) in [5.74, 6) is 0.194. The van der Waals surface area contributed by atoms with E-state index in [1.165, 1.54) is 6.33 Å². The van der Waals surface area contributed by atoms with Crippen molar-refractivity contribution in [1.82, 2.24) is 9.97 Å². The quantitative estimate of drug-likeness (QED) is 0.412. The Hall–Kier alpha value is -2.90. The zero-order valence-corrected chi connectivity index (χ0v) is 15.7. The zero-order valence-electron chi connectivity index (χ0n) is 14.1. The second-order valence-corrected chi connectivity index (χ2v) is 6.33. The van der Waals surface area contributed by atoms with Crippen LogP contribution in [0.5, 0.6) is 11.6 Å². The molecule has 1 aromatic heterocycles. The number of ether oxygens (including phenoxy) is 1. The van der Waals surface area contributed by atoms with Crippen molar-refractivity contribution in [3.63, 3.8) is 0 Å². The van der Waals surface area contributed by atoms with E-state index in [0.29, 0.717) is 21.5 Å². The van der Waals surface area contributed by atoms with E-state index < -0.39 is 10.6 Å². The fraction of sp³-hybridized carbons (Fsp3) is 0.111. The Morgan fingerprint density at radius 3 is 2.56 bits per heavy atom. The Bertz CT molecular complexity index is 981. The van der Waals surface area contributed by atoms with Gasteiger partial charge in [-0.3, -0.25) is 10.1 Å². The molecule has 9 heteroatoms. The molecule has 1 N–H and O–H groups in total. The van der Waals surface area contributed by atoms with Gasteiger partial charge in [0.2, 0.25) is 5.82 Å². The summed E-state index contributed by atoms with van der Waals surface area (Å²) in [6.07, 6.45) is 2.05. The second kappa shape index (κ2) is 8.20. The van der Waals surface area contributed by atoms with Gasteiger partial charge in [-0.1, -0.05) is 42.3 Å². The molecule has 0 saturated heterocycles. The lowest BCUT2D eigenvalue weighted by molar-refractivity contribution is -0.385. The molecule has 0 amide bonds. The number of benzene rings is 2. The molecule has 27 heavy (non-hydrogen) atoms. The van der Waals surface area contributed by atoms with Crippen LogP contribution < -0.4 is 10.1 Å². The maximum atomic E-state index is 11.6. The highest BCUT2D eigenvalue weighted by atomic mass is 35.5. The average Bonchev–Trinajstić information content (AvgIpc) is 2.65. The van der Waals surface area contributed by atoms with E-state index in [1.54, 1.807) is 30.3 Å². The summed E-state index contributed by atoms with van der Waals surface area (Å²) in [5.41, 5.74) is 1.09. The lowest BCUT2D eigenvalue weighted by atomic mass is 10.2. The number of aryl methyl sites for hydroxylation is 1. The van der Waals surface area contributed by atoms with Crippen LogP contribution in [0.25, 0.3) is 0 Å². The molecule has 0 saturated carbocycles. The number of hydrogen-bond acceptors (Lipinski definition) is 6. The van der Waals surface area contributed by atoms with Gasteiger partial charge >= 0.3 is 11.6 Å². The predicted octanol–water partition coefficient (Wildman–Crippen LogP) is 5.79. The van der Waals surface area contributed by atoms with Crippen LogP contribution >= 0.6 is 23.2 Å². The fourth-order valence-electron chi connectivity index (χ4n) is 2.32. The van der Waals surface area contributed by atoms with Crippen molar-refractivity contribution in [3.05, 3.63) is 74.5 Å². The summed E-state index contributed by atoms with van der Waals surface area (Å²) in [4.78, 5) is 18.9. The summed E-state index contributed by atoms with van der Waals surface area (Å²) in [6.45, 7) is 2.03. The molecule has 0 aliphatic heterocycles. The molecular weight excluding hydrogens is 391 g/mol. The molecule has 0 aliphatic rings. The van der Waals surface area contributed by atoms with Gasteiger partial charge in [0.25, 0.3) is 0 Å². The number of anilines is 2. The Labute approximate surface area is 165 Å². The maximum Gasteiger partial charge on any atom is 0.373 e. The van der Waals surface area contributed by atoms with Crippen LogP contribution in [0.15, 0.2) is 48.8 Å². The first-order valence-electron chi connectivity index (χ1n) is 7.96. The monoisotopic (exact) mass is 404 g/mol. The first-order chi connectivity index (χ1) is 13.0. The largest absolute Gasteiger partial charge is 0.434 e. The normalized spacial score (nSPS) is 10.5. The highest BCUT2D eigenvalue weighted by Gasteiger charge is 2.25. The molecule has 0 aliphatic carbocycles. The van der Waals surface area contributed by atoms with E-state index in [9.17, 15) is 10.1 Å². The van der Waals surface area contributed by atoms with Crippen molar-refractivity contribution in [2.75, 3.05) is 5.32 Å². The highest BCUT2D eigenvalue weighted by Crippen LogP contribution is 2.37. The third-order valence-corrected chi connectivity index (χ3v) is 4.26. The molecule has 0 bridgehead atoms. The Balaban J connectivity index is 1.96. The van der Waals surface area contributed by atoms with Gasteiger partial charge in [0.05, 0.1) is 15.6 Å². The molecule has 0 atom stereocenters. The molecule has 3 rings (SSSR count). The molecule has 0 spiro atoms. The van der Waals surface area contributed by atoms with Crippen LogP contribution in [-0.4, -0.2) is 14.9 Å². The Morgan fingerprint density at radius 1 is 1.15 bits per heavy atom. The van der Waals surface area contributed by atoms with E-state index in [2.05, 4.69) is 15.3 Å². The number of aromatic nitrogens is 2. The average molecular weight is 405 g/mol. The summed E-state index contributed by atoms with van der Waals surface area (Å²) in [6, 6.07) is 11.9. The van der Waals surface area contributed by atoms with Crippen molar-refractivity contribution < 1.29 is 9.66 Å². The third kappa shape index (κ3) is 4.45. The van der Waals surface area contributed by atoms with Gasteiger partial charge in [0.1, 0.15) is 12.1 Å². The lowest BCUT2D eigenvalue weighted by Crippen LogP contribution is -2.04. The van der Waals surface area contributed by atoms with E-state index in [1.807, 2.05) is 19.1 Å². The molecular formula is C18H14Cl2N4O3. The van der Waals surface area contributed by atoms with Gasteiger partial charge in [-0.05, 0) is 42.3 Å². The maximum absolute atomic E-state index is 11.6. The summed E-state index contributed by atoms with van der Waals surface area (Å²) in [5, 5.41) is 15.2. The standard InChI is InChI=1S/C18H14Cl2N4O3/c1-2-11-3-6-13(7-4-11)27-18-16(24(25)26)17(21-10-22-18)23-15-9-12(19)5-8-14(15)20/h3-10H,2H2,1H3,(H,21,22,23). The van der Waals surface area contributed by atoms with Gasteiger partial charge in [0, 0.05) is 5.02 Å². The predicted molar refractivity (Wildman–Crippen MR) is 104 cm³/mol. The minimum absolute atomic E-state index is 0.0562. The van der Waals surface area contributed by atoms with Crippen LogP contribution in [0.3, 0.4) is 0 Å². The molecule has 7 nitrogen and oxygen atoms in total. The summed E-state index contributed by atoms with van der Waals surface area (Å²) >= 11 is 12.1. The SMILES string of the molecule is CCc1ccc(Oc2ncnc(Nc3cc(Cl)ccc3Cl)c2[N+](=O)[O-])cc1. The van der Waals surface area contributed by atoms with Crippen molar-refractivity contribution in [2.24, 2.45) is 0 Å². The number of nitrogens with zero attached hydrogens (tertiary/aromatic N) is 3. The Kier molecular flexibility index (Phi) is 5.73. The fourth-order valence-corrected chi connectivity index (χ4v) is 2.66. The molecule has 0 unspecified atom stereocenters. The molecule has 2 aromatic carbocycles. The van der Waals surface area contributed by atoms with Crippen LogP contribution in [-0.2, 0) is 6.42 Å². The summed E-state index contributed by atoms with van der Waals surface area (Å²) in [7, 11) is 0. The topological polar surface area (TPSA) is 90.2 Å². The van der Waals surface area contributed by atoms with Crippen LogP contribution in [0.2, 0.25) is 10.0 Å². The number of nitro groups is 1. The highest BCUT2D eigenvalue weighted by molar-refractivity contribution is 6.35. The summed E-state index contributed by atoms with van der Waals surface area (Å²) < 4.78 is 5.61. The second-order valence-electron chi connectivity index (χ2n) is 5.48. The number of halogens is 2. The number of rotatable bonds is 6. The molecule has 138 valence electrons. The minimum Gasteiger partial charge on any atom is -0.434 e. The number of hydrogen-bond donors (Lipinski definition) is 1. The van der Waals surface area contributed by atoms with Gasteiger partial charge in [0.15, 0.2) is 0 Å². The van der Waals surface area contributed by atoms with Gasteiger partial charge < -0.3 is 10.1 Å². The zero-order chi connectivity index (χ0) is 19.4. The lowest BCUT2D eigenvalue weighted by Gasteiger charge is -2.11. The molecule has 1 heterocycles. The third-order valence-electron chi connectivity index (χ3n) is 3.70. The van der Waals surface area contributed by atoms with Gasteiger partial charge in [-0.25, -0.2) is 4.98 Å². The number of nitrogens with one attached hydrogen (secondary N) is 1. The van der Waals surface area contributed by atoms with Crippen LogP contribution in [0.4, 0.5) is 17.2 Å². The van der Waals surface area contributed by atoms with Crippen molar-refractivity contribution in [3.8, 4) is 11.6 Å². The van der Waals surface area contributed by atoms with E-state index in [4.69, 9.17) is 27.9 Å². The van der Waals surface area contributed by atoms with Gasteiger partial charge in [-0.2, -0.15) is 4.98 Å². The first kappa shape index (κ1) is 18.9. The van der Waals surface area contributed by atoms with Gasteiger partial charge in [-0.15, -0.1) is 0 Å². The van der Waals surface area contributed by atoms with Crippen molar-refractivity contribution in [2.45, 2.75) is 13.3 Å². The van der Waals surface area contributed by atoms with Crippen LogP contribution in [0.1, 0.15) is 12.5 Å². The molecule has 0 fully saturated rings.